The zero-order valence-electron chi connectivity index (χ0n) is 7.77. The largest absolute Gasteiger partial charge is 0.300 e. The number of nitrogens with two attached hydrogens (primary N) is 1. The standard InChI is InChI=1S/C7H16N2O2S2/c1-7-6-9(2-4-12-7)3-5-13(8,10)11/h7H,2-6H2,1H3,(H2,8,10,11). The molecule has 2 N–H and O–H groups in total. The zero-order valence-corrected chi connectivity index (χ0v) is 9.40. The van der Waals surface area contributed by atoms with Crippen molar-refractivity contribution in [3.63, 3.8) is 0 Å². The molecular weight excluding hydrogens is 208 g/mol. The second-order valence-corrected chi connectivity index (χ2v) is 6.63. The minimum atomic E-state index is -3.29. The van der Waals surface area contributed by atoms with Gasteiger partial charge in [0.15, 0.2) is 0 Å². The Labute approximate surface area is 83.9 Å². The molecule has 6 heteroatoms. The van der Waals surface area contributed by atoms with Gasteiger partial charge < -0.3 is 4.90 Å². The van der Waals surface area contributed by atoms with Crippen LogP contribution in [0.25, 0.3) is 0 Å². The maximum atomic E-state index is 10.7. The molecule has 1 saturated heterocycles. The summed E-state index contributed by atoms with van der Waals surface area (Å²) < 4.78 is 21.4. The van der Waals surface area contributed by atoms with Crippen LogP contribution in [-0.2, 0) is 10.0 Å². The monoisotopic (exact) mass is 224 g/mol. The maximum absolute atomic E-state index is 10.7. The minimum absolute atomic E-state index is 0.0738. The Balaban J connectivity index is 2.29. The molecule has 0 radical (unpaired) electrons. The molecule has 78 valence electrons. The van der Waals surface area contributed by atoms with E-state index < -0.39 is 10.0 Å². The van der Waals surface area contributed by atoms with Crippen molar-refractivity contribution in [1.29, 1.82) is 0 Å². The number of hydrogen-bond acceptors (Lipinski definition) is 4. The highest BCUT2D eigenvalue weighted by Crippen LogP contribution is 2.17. The van der Waals surface area contributed by atoms with E-state index in [0.717, 1.165) is 18.8 Å². The van der Waals surface area contributed by atoms with Gasteiger partial charge >= 0.3 is 0 Å². The van der Waals surface area contributed by atoms with Crippen molar-refractivity contribution in [2.24, 2.45) is 5.14 Å². The first-order valence-electron chi connectivity index (χ1n) is 4.32. The molecule has 0 aromatic carbocycles. The highest BCUT2D eigenvalue weighted by molar-refractivity contribution is 7.99. The van der Waals surface area contributed by atoms with Crippen molar-refractivity contribution in [2.45, 2.75) is 12.2 Å². The highest BCUT2D eigenvalue weighted by atomic mass is 32.2. The quantitative estimate of drug-likeness (QED) is 0.715. The van der Waals surface area contributed by atoms with Gasteiger partial charge in [-0.25, -0.2) is 13.6 Å². The zero-order chi connectivity index (χ0) is 9.90. The third kappa shape index (κ3) is 4.85. The van der Waals surface area contributed by atoms with E-state index in [2.05, 4.69) is 11.8 Å². The molecule has 0 amide bonds. The first-order valence-corrected chi connectivity index (χ1v) is 7.08. The van der Waals surface area contributed by atoms with Gasteiger partial charge in [0.1, 0.15) is 0 Å². The van der Waals surface area contributed by atoms with Crippen LogP contribution in [0.2, 0.25) is 0 Å². The molecular formula is C7H16N2O2S2. The fourth-order valence-electron chi connectivity index (χ4n) is 1.35. The fourth-order valence-corrected chi connectivity index (χ4v) is 2.94. The number of nitrogens with zero attached hydrogens (tertiary/aromatic N) is 1. The lowest BCUT2D eigenvalue weighted by Crippen LogP contribution is -2.40. The molecule has 1 fully saturated rings. The van der Waals surface area contributed by atoms with Crippen LogP contribution in [0, 0.1) is 0 Å². The fraction of sp³-hybridized carbons (Fsp3) is 1.00. The van der Waals surface area contributed by atoms with Crippen LogP contribution in [0.5, 0.6) is 0 Å². The first-order chi connectivity index (χ1) is 5.97. The van der Waals surface area contributed by atoms with Crippen LogP contribution in [0.4, 0.5) is 0 Å². The molecule has 0 saturated carbocycles. The Morgan fingerprint density at radius 3 is 2.85 bits per heavy atom. The summed E-state index contributed by atoms with van der Waals surface area (Å²) in [7, 11) is -3.29. The average molecular weight is 224 g/mol. The summed E-state index contributed by atoms with van der Waals surface area (Å²) in [6, 6.07) is 0. The van der Waals surface area contributed by atoms with Crippen LogP contribution < -0.4 is 5.14 Å². The van der Waals surface area contributed by atoms with Crippen LogP contribution in [-0.4, -0.2) is 49.7 Å². The van der Waals surface area contributed by atoms with Gasteiger partial charge in [-0.05, 0) is 0 Å². The van der Waals surface area contributed by atoms with Gasteiger partial charge in [0.05, 0.1) is 5.75 Å². The van der Waals surface area contributed by atoms with Crippen molar-refractivity contribution in [3.8, 4) is 0 Å². The van der Waals surface area contributed by atoms with Crippen LogP contribution in [0.15, 0.2) is 0 Å². The molecule has 1 unspecified atom stereocenters. The van der Waals surface area contributed by atoms with E-state index in [1.54, 1.807) is 0 Å². The third-order valence-corrected chi connectivity index (χ3v) is 3.91. The smallest absolute Gasteiger partial charge is 0.210 e. The van der Waals surface area contributed by atoms with Gasteiger partial charge in [-0.2, -0.15) is 11.8 Å². The summed E-state index contributed by atoms with van der Waals surface area (Å²) in [6.07, 6.45) is 0. The molecule has 1 rings (SSSR count). The third-order valence-electron chi connectivity index (χ3n) is 2.02. The Hall–Kier alpha value is 0.220. The second kappa shape index (κ2) is 4.63. The summed E-state index contributed by atoms with van der Waals surface area (Å²) >= 11 is 1.93. The van der Waals surface area contributed by atoms with Crippen LogP contribution >= 0.6 is 11.8 Å². The molecule has 0 aliphatic carbocycles. The molecule has 1 atom stereocenters. The van der Waals surface area contributed by atoms with E-state index in [9.17, 15) is 8.42 Å². The Morgan fingerprint density at radius 2 is 2.31 bits per heavy atom. The lowest BCUT2D eigenvalue weighted by Gasteiger charge is -2.29. The van der Waals surface area contributed by atoms with E-state index in [4.69, 9.17) is 5.14 Å². The number of thioether (sulfide) groups is 1. The number of sulfonamides is 1. The summed E-state index contributed by atoms with van der Waals surface area (Å²) in [5.74, 6) is 1.16. The highest BCUT2D eigenvalue weighted by Gasteiger charge is 2.17. The van der Waals surface area contributed by atoms with E-state index in [1.807, 2.05) is 11.8 Å². The van der Waals surface area contributed by atoms with Crippen LogP contribution in [0.3, 0.4) is 0 Å². The van der Waals surface area contributed by atoms with Crippen molar-refractivity contribution < 1.29 is 8.42 Å². The topological polar surface area (TPSA) is 63.4 Å². The number of rotatable bonds is 3. The maximum Gasteiger partial charge on any atom is 0.210 e. The number of primary sulfonamides is 1. The molecule has 1 heterocycles. The van der Waals surface area contributed by atoms with E-state index in [-0.39, 0.29) is 5.75 Å². The molecule has 1 aliphatic rings. The minimum Gasteiger partial charge on any atom is -0.300 e. The Kier molecular flexibility index (Phi) is 4.03. The SMILES string of the molecule is CC1CN(CCS(N)(=O)=O)CCS1. The van der Waals surface area contributed by atoms with Gasteiger partial charge in [-0.3, -0.25) is 0 Å². The van der Waals surface area contributed by atoms with Gasteiger partial charge in [0.25, 0.3) is 0 Å². The van der Waals surface area contributed by atoms with Gasteiger partial charge in [0, 0.05) is 30.6 Å². The predicted molar refractivity (Wildman–Crippen MR) is 56.3 cm³/mol. The Bertz CT molecular complexity index is 253. The molecule has 1 aliphatic heterocycles. The number of hydrogen-bond donors (Lipinski definition) is 1. The molecule has 0 bridgehead atoms. The molecule has 0 spiro atoms. The van der Waals surface area contributed by atoms with Crippen molar-refractivity contribution in [1.82, 2.24) is 4.90 Å². The molecule has 0 aromatic heterocycles. The van der Waals surface area contributed by atoms with E-state index in [1.165, 1.54) is 0 Å². The molecule has 0 aromatic rings. The van der Waals surface area contributed by atoms with E-state index in [0.29, 0.717) is 11.8 Å². The van der Waals surface area contributed by atoms with Gasteiger partial charge in [0.2, 0.25) is 10.0 Å². The summed E-state index contributed by atoms with van der Waals surface area (Å²) in [6.45, 7) is 4.68. The van der Waals surface area contributed by atoms with E-state index >= 15 is 0 Å². The summed E-state index contributed by atoms with van der Waals surface area (Å²) in [4.78, 5) is 2.16. The van der Waals surface area contributed by atoms with Gasteiger partial charge in [-0.15, -0.1) is 0 Å². The molecule has 4 nitrogen and oxygen atoms in total. The lowest BCUT2D eigenvalue weighted by molar-refractivity contribution is 0.303. The van der Waals surface area contributed by atoms with Gasteiger partial charge in [-0.1, -0.05) is 6.92 Å². The summed E-state index contributed by atoms with van der Waals surface area (Å²) in [5, 5.41) is 5.53. The Morgan fingerprint density at radius 1 is 1.62 bits per heavy atom. The predicted octanol–water partition coefficient (Wildman–Crippen LogP) is -0.288. The van der Waals surface area contributed by atoms with Crippen molar-refractivity contribution in [2.75, 3.05) is 31.1 Å². The van der Waals surface area contributed by atoms with Crippen LogP contribution in [0.1, 0.15) is 6.92 Å². The normalized spacial score (nSPS) is 26.2. The summed E-state index contributed by atoms with van der Waals surface area (Å²) in [5.41, 5.74) is 0. The average Bonchev–Trinajstić information content (AvgIpc) is 2.00. The molecule has 13 heavy (non-hydrogen) atoms. The van der Waals surface area contributed by atoms with Crippen molar-refractivity contribution >= 4 is 21.8 Å². The first kappa shape index (κ1) is 11.3. The van der Waals surface area contributed by atoms with Crippen molar-refractivity contribution in [3.05, 3.63) is 0 Å². The second-order valence-electron chi connectivity index (χ2n) is 3.35. The lowest BCUT2D eigenvalue weighted by atomic mass is 10.4.